The van der Waals surface area contributed by atoms with Crippen LogP contribution in [0.25, 0.3) is 0 Å². The lowest BCUT2D eigenvalue weighted by Crippen LogP contribution is -2.63. The second-order valence-corrected chi connectivity index (χ2v) is 24.3. The van der Waals surface area contributed by atoms with Crippen LogP contribution in [0.2, 0.25) is 0 Å². The molecule has 18 heteroatoms. The molecule has 9 atom stereocenters. The number of amides is 7. The first-order valence-electron chi connectivity index (χ1n) is 27.1. The van der Waals surface area contributed by atoms with Crippen LogP contribution in [0.1, 0.15) is 138 Å². The van der Waals surface area contributed by atoms with Crippen LogP contribution in [0.5, 0.6) is 0 Å². The van der Waals surface area contributed by atoms with Gasteiger partial charge in [-0.15, -0.1) is 11.8 Å². The van der Waals surface area contributed by atoms with Gasteiger partial charge in [0.2, 0.25) is 41.4 Å². The van der Waals surface area contributed by atoms with Crippen LogP contribution in [0.3, 0.4) is 0 Å². The molecule has 1 saturated heterocycles. The first-order chi connectivity index (χ1) is 36.1. The zero-order valence-electron chi connectivity index (χ0n) is 45.8. The number of nitrogens with one attached hydrogen (secondary N) is 7. The van der Waals surface area contributed by atoms with Crippen molar-refractivity contribution in [3.63, 3.8) is 0 Å². The predicted octanol–water partition coefficient (Wildman–Crippen LogP) is 3.86. The lowest BCUT2D eigenvalue weighted by atomic mass is 9.85. The Balaban J connectivity index is 1.24. The van der Waals surface area contributed by atoms with E-state index < -0.39 is 58.2 Å². The first-order valence-corrected chi connectivity index (χ1v) is 28.1. The summed E-state index contributed by atoms with van der Waals surface area (Å²) in [5.74, 6) is -2.93. The fourth-order valence-corrected chi connectivity index (χ4v) is 12.1. The van der Waals surface area contributed by atoms with Crippen LogP contribution < -0.4 is 37.2 Å². The Morgan fingerprint density at radius 3 is 1.78 bits per heavy atom. The number of nitrogens with zero attached hydrogens (tertiary/aromatic N) is 2. The molecule has 0 saturated carbocycles. The molecular weight excluding hydrogens is 983 g/mol. The summed E-state index contributed by atoms with van der Waals surface area (Å²) in [5, 5.41) is 30.5. The fraction of sp³-hybridized carbons (Fsp3) is 0.569. The molecule has 0 aromatic heterocycles. The molecule has 4 aliphatic rings. The van der Waals surface area contributed by atoms with Crippen molar-refractivity contribution < 1.29 is 38.7 Å². The largest absolute Gasteiger partial charge is 0.395 e. The number of hydrogen-bond donors (Lipinski definition) is 8. The van der Waals surface area contributed by atoms with Crippen LogP contribution in [-0.4, -0.2) is 137 Å². The number of rotatable bonds is 19. The van der Waals surface area contributed by atoms with E-state index in [2.05, 4.69) is 55.4 Å². The average molecular weight is 1060 g/mol. The summed E-state index contributed by atoms with van der Waals surface area (Å²) in [6, 6.07) is 16.5. The highest BCUT2D eigenvalue weighted by Crippen LogP contribution is 2.39. The minimum absolute atomic E-state index is 0.00911. The van der Waals surface area contributed by atoms with E-state index in [1.807, 2.05) is 69.3 Å². The summed E-state index contributed by atoms with van der Waals surface area (Å²) in [6.45, 7) is 12.7. The second kappa shape index (κ2) is 25.1. The summed E-state index contributed by atoms with van der Waals surface area (Å²) in [6.07, 6.45) is 5.59. The van der Waals surface area contributed by atoms with Gasteiger partial charge in [0.15, 0.2) is 0 Å². The van der Waals surface area contributed by atoms with Crippen molar-refractivity contribution in [2.75, 3.05) is 39.5 Å². The zero-order chi connectivity index (χ0) is 55.1. The van der Waals surface area contributed by atoms with Crippen molar-refractivity contribution in [1.82, 2.24) is 47.0 Å². The van der Waals surface area contributed by atoms with Crippen molar-refractivity contribution in [1.29, 1.82) is 0 Å². The third-order valence-corrected chi connectivity index (χ3v) is 17.4. The van der Waals surface area contributed by atoms with Gasteiger partial charge in [-0.25, -0.2) is 0 Å². The summed E-state index contributed by atoms with van der Waals surface area (Å²) >= 11 is 1.19. The number of fused-ring (bicyclic) bond motifs is 3. The molecule has 4 unspecified atom stereocenters. The summed E-state index contributed by atoms with van der Waals surface area (Å²) < 4.78 is -1.08. The van der Waals surface area contributed by atoms with E-state index in [1.54, 1.807) is 51.6 Å². The van der Waals surface area contributed by atoms with E-state index in [0.717, 1.165) is 66.3 Å². The van der Waals surface area contributed by atoms with Crippen LogP contribution in [-0.2, 0) is 59.4 Å². The zero-order valence-corrected chi connectivity index (χ0v) is 46.7. The van der Waals surface area contributed by atoms with Crippen molar-refractivity contribution >= 4 is 53.1 Å². The van der Waals surface area contributed by atoms with Gasteiger partial charge >= 0.3 is 0 Å². The molecule has 17 nitrogen and oxygen atoms in total. The number of carbonyl (C=O) groups is 7. The monoisotopic (exact) mass is 1060 g/mol. The standard InChI is InChI=1S/C58H81N9O8S/c1-34(59-8)51(70)64-49(57(3,4)5)55(74)66-32-41(30-47(66)54(73)63-45-23-15-19-37-17-11-13-21-43(37)45)38-24-25-39-29-46(53(72)62-44-22-14-18-36-16-10-12-20-42(36)44)67(31-40(39)28-38)56(75)50(65-52(71)35(2)60-9)58(6,7)76-33-48(69)61-26-27-68/h10-13,16-17,20-21,24-25,28,34-35,41,44-47,49-50,59-60,68H,14-15,18-19,22-23,26-27,29-33H2,1-9H3,(H,61,69)(H,62,72)(H,63,73)(H,64,70)(H,65,71)/t34-,35-,41?,44?,45+,46?,47-,49+,50?/m0/s1. The highest BCUT2D eigenvalue weighted by molar-refractivity contribution is 8.01. The number of thioether (sulfide) groups is 1. The maximum atomic E-state index is 15.6. The minimum atomic E-state index is -1.20. The van der Waals surface area contributed by atoms with Gasteiger partial charge in [-0.3, -0.25) is 33.6 Å². The molecule has 3 aromatic carbocycles. The fourth-order valence-electron chi connectivity index (χ4n) is 11.1. The molecule has 0 bridgehead atoms. The van der Waals surface area contributed by atoms with Gasteiger partial charge in [0.05, 0.1) is 36.5 Å². The predicted molar refractivity (Wildman–Crippen MR) is 295 cm³/mol. The Labute approximate surface area is 453 Å². The van der Waals surface area contributed by atoms with Crippen molar-refractivity contribution in [3.8, 4) is 0 Å². The number of aliphatic hydroxyl groups excluding tert-OH is 1. The molecular formula is C58H81N9O8S. The van der Waals surface area contributed by atoms with Gasteiger partial charge in [-0.1, -0.05) is 87.5 Å². The quantitative estimate of drug-likeness (QED) is 0.0860. The summed E-state index contributed by atoms with van der Waals surface area (Å²) in [5.41, 5.74) is 6.26. The van der Waals surface area contributed by atoms with E-state index in [9.17, 15) is 29.1 Å². The summed E-state index contributed by atoms with van der Waals surface area (Å²) in [4.78, 5) is 104. The van der Waals surface area contributed by atoms with Gasteiger partial charge < -0.3 is 52.1 Å². The van der Waals surface area contributed by atoms with Gasteiger partial charge in [-0.05, 0) is 131 Å². The van der Waals surface area contributed by atoms with Crippen LogP contribution in [0.4, 0.5) is 0 Å². The third kappa shape index (κ3) is 13.5. The molecule has 0 radical (unpaired) electrons. The van der Waals surface area contributed by atoms with Crippen LogP contribution in [0.15, 0.2) is 66.7 Å². The van der Waals surface area contributed by atoms with Gasteiger partial charge in [-0.2, -0.15) is 0 Å². The molecule has 2 aliphatic heterocycles. The smallest absolute Gasteiger partial charge is 0.247 e. The van der Waals surface area contributed by atoms with Crippen LogP contribution >= 0.6 is 11.8 Å². The van der Waals surface area contributed by atoms with E-state index in [4.69, 9.17) is 0 Å². The number of benzene rings is 3. The molecule has 7 amide bonds. The number of hydrogen-bond acceptors (Lipinski definition) is 11. The normalized spacial score (nSPS) is 21.8. The topological polar surface area (TPSA) is 230 Å². The highest BCUT2D eigenvalue weighted by Gasteiger charge is 2.48. The van der Waals surface area contributed by atoms with Crippen molar-refractivity contribution in [2.45, 2.75) is 165 Å². The van der Waals surface area contributed by atoms with Gasteiger partial charge in [0, 0.05) is 36.7 Å². The first kappa shape index (κ1) is 57.9. The Bertz CT molecular complexity index is 2620. The maximum absolute atomic E-state index is 15.6. The average Bonchev–Trinajstić information content (AvgIpc) is 3.88. The summed E-state index contributed by atoms with van der Waals surface area (Å²) in [7, 11) is 3.32. The molecule has 7 rings (SSSR count). The Morgan fingerprint density at radius 1 is 0.684 bits per heavy atom. The molecule has 412 valence electrons. The number of carbonyl (C=O) groups excluding carboxylic acids is 7. The molecule has 8 N–H and O–H groups in total. The Hall–Kier alpha value is -5.82. The molecule has 2 heterocycles. The van der Waals surface area contributed by atoms with E-state index in [-0.39, 0.29) is 86.0 Å². The Morgan fingerprint density at radius 2 is 1.22 bits per heavy atom. The van der Waals surface area contributed by atoms with Gasteiger partial charge in [0.1, 0.15) is 24.2 Å². The minimum Gasteiger partial charge on any atom is -0.395 e. The molecule has 1 fully saturated rings. The van der Waals surface area contributed by atoms with Crippen molar-refractivity contribution in [2.24, 2.45) is 5.41 Å². The lowest BCUT2D eigenvalue weighted by molar-refractivity contribution is -0.145. The molecule has 76 heavy (non-hydrogen) atoms. The van der Waals surface area contributed by atoms with E-state index >= 15 is 9.59 Å². The van der Waals surface area contributed by atoms with Crippen LogP contribution in [0, 0.1) is 5.41 Å². The number of aliphatic hydroxyl groups is 1. The molecule has 2 aliphatic carbocycles. The molecule has 3 aromatic rings. The number of likely N-dealkylation sites (N-methyl/N-ethyl adjacent to an activating group) is 2. The Kier molecular flexibility index (Phi) is 19.1. The second-order valence-electron chi connectivity index (χ2n) is 22.7. The lowest BCUT2D eigenvalue weighted by Gasteiger charge is -2.42. The maximum Gasteiger partial charge on any atom is 0.247 e. The number of likely N-dealkylation sites (tertiary alicyclic amines) is 1. The van der Waals surface area contributed by atoms with Crippen molar-refractivity contribution in [3.05, 3.63) is 106 Å². The molecule has 0 spiro atoms. The number of aryl methyl sites for hydroxylation is 2. The third-order valence-electron chi connectivity index (χ3n) is 16.0. The SMILES string of the molecule is CN[C@@H](C)C(=O)NC(C(=O)N1Cc2cc(C3C[C@@H](C(=O)N[C@@H]4CCCc5ccccc54)N(C(=O)[C@@H](NC(=O)[C@H](C)NC)C(C)(C)C)C3)ccc2CC1C(=O)NC1CCCc2ccccc21)C(C)(C)SCC(=O)NCCO. The van der Waals surface area contributed by atoms with E-state index in [1.165, 1.54) is 22.9 Å². The van der Waals surface area contributed by atoms with Gasteiger partial charge in [0.25, 0.3) is 0 Å². The highest BCUT2D eigenvalue weighted by atomic mass is 32.2. The van der Waals surface area contributed by atoms with E-state index in [0.29, 0.717) is 6.42 Å².